The van der Waals surface area contributed by atoms with Crippen molar-refractivity contribution >= 4 is 29.4 Å². The lowest BCUT2D eigenvalue weighted by atomic mass is 9.81. The first kappa shape index (κ1) is 32.5. The minimum Gasteiger partial charge on any atom is -0.481 e. The summed E-state index contributed by atoms with van der Waals surface area (Å²) in [5.74, 6) is -0.546. The monoisotopic (exact) mass is 635 g/mol. The maximum absolute atomic E-state index is 14.1. The Bertz CT molecular complexity index is 1670. The number of amides is 2. The Labute approximate surface area is 277 Å². The van der Waals surface area contributed by atoms with Crippen LogP contribution < -0.4 is 5.32 Å². The quantitative estimate of drug-likeness (QED) is 0.243. The molecule has 2 N–H and O–H groups in total. The Morgan fingerprint density at radius 2 is 1.72 bits per heavy atom. The van der Waals surface area contributed by atoms with Gasteiger partial charge in [0.2, 0.25) is 11.8 Å². The number of nitrogens with zero attached hydrogens (tertiary/aromatic N) is 2. The van der Waals surface area contributed by atoms with E-state index in [-0.39, 0.29) is 41.6 Å². The van der Waals surface area contributed by atoms with Gasteiger partial charge < -0.3 is 15.2 Å². The van der Waals surface area contributed by atoms with E-state index in [4.69, 9.17) is 4.74 Å². The van der Waals surface area contributed by atoms with E-state index in [0.717, 1.165) is 59.2 Å². The molecule has 2 unspecified atom stereocenters. The van der Waals surface area contributed by atoms with Crippen molar-refractivity contribution in [1.29, 1.82) is 0 Å². The van der Waals surface area contributed by atoms with Gasteiger partial charge in [-0.25, -0.2) is 5.01 Å². The summed E-state index contributed by atoms with van der Waals surface area (Å²) in [4.78, 5) is 39.1. The van der Waals surface area contributed by atoms with Crippen LogP contribution >= 0.6 is 0 Å². The number of carboxylic acid groups (broad SMARTS) is 1. The van der Waals surface area contributed by atoms with E-state index < -0.39 is 11.4 Å². The molecular formula is C39H45N3O5. The van der Waals surface area contributed by atoms with Gasteiger partial charge in [0.25, 0.3) is 5.91 Å². The zero-order valence-electron chi connectivity index (χ0n) is 27.8. The predicted octanol–water partition coefficient (Wildman–Crippen LogP) is 7.31. The maximum Gasteiger partial charge on any atom is 0.310 e. The number of aliphatic carboxylic acids is 1. The predicted molar refractivity (Wildman–Crippen MR) is 182 cm³/mol. The zero-order valence-corrected chi connectivity index (χ0v) is 27.8. The average Bonchev–Trinajstić information content (AvgIpc) is 3.58. The van der Waals surface area contributed by atoms with Gasteiger partial charge in [0.05, 0.1) is 17.9 Å². The normalized spacial score (nSPS) is 22.0. The lowest BCUT2D eigenvalue weighted by Gasteiger charge is -2.26. The average molecular weight is 636 g/mol. The van der Waals surface area contributed by atoms with Crippen molar-refractivity contribution in [2.45, 2.75) is 78.7 Å². The van der Waals surface area contributed by atoms with Crippen LogP contribution in [0.2, 0.25) is 0 Å². The highest BCUT2D eigenvalue weighted by atomic mass is 16.5. The summed E-state index contributed by atoms with van der Waals surface area (Å²) in [5, 5.41) is 19.4. The van der Waals surface area contributed by atoms with E-state index in [9.17, 15) is 19.5 Å². The van der Waals surface area contributed by atoms with Gasteiger partial charge in [-0.1, -0.05) is 88.2 Å². The van der Waals surface area contributed by atoms with Crippen LogP contribution in [0, 0.1) is 29.6 Å². The number of carbonyl (C=O) groups is 3. The zero-order chi connectivity index (χ0) is 33.3. The van der Waals surface area contributed by atoms with Crippen LogP contribution in [0.3, 0.4) is 0 Å². The van der Waals surface area contributed by atoms with E-state index >= 15 is 0 Å². The van der Waals surface area contributed by atoms with E-state index in [1.54, 1.807) is 0 Å². The number of hydrazone groups is 1. The molecule has 0 saturated heterocycles. The van der Waals surface area contributed by atoms with Crippen molar-refractivity contribution in [3.63, 3.8) is 0 Å². The van der Waals surface area contributed by atoms with Crippen LogP contribution in [0.15, 0.2) is 77.9 Å². The number of carbonyl (C=O) groups excluding carboxylic acids is 2. The molecule has 47 heavy (non-hydrogen) atoms. The van der Waals surface area contributed by atoms with Crippen LogP contribution in [0.25, 0.3) is 0 Å². The van der Waals surface area contributed by atoms with E-state index in [0.29, 0.717) is 25.3 Å². The molecule has 2 saturated carbocycles. The van der Waals surface area contributed by atoms with Crippen LogP contribution in [-0.4, -0.2) is 40.4 Å². The molecule has 3 aliphatic rings. The summed E-state index contributed by atoms with van der Waals surface area (Å²) >= 11 is 0. The number of ether oxygens (including phenoxy) is 1. The molecule has 1 heterocycles. The van der Waals surface area contributed by atoms with Crippen molar-refractivity contribution in [2.75, 3.05) is 11.9 Å². The first-order valence-electron chi connectivity index (χ1n) is 16.7. The summed E-state index contributed by atoms with van der Waals surface area (Å²) in [7, 11) is 0. The molecule has 2 aliphatic carbocycles. The molecule has 0 radical (unpaired) electrons. The van der Waals surface area contributed by atoms with Gasteiger partial charge in [0.1, 0.15) is 0 Å². The highest BCUT2D eigenvalue weighted by molar-refractivity contribution is 5.98. The molecule has 0 spiro atoms. The molecule has 2 fully saturated rings. The molecule has 3 atom stereocenters. The smallest absolute Gasteiger partial charge is 0.310 e. The van der Waals surface area contributed by atoms with Crippen molar-refractivity contribution in [2.24, 2.45) is 27.8 Å². The summed E-state index contributed by atoms with van der Waals surface area (Å²) < 4.78 is 5.59. The highest BCUT2D eigenvalue weighted by Crippen LogP contribution is 2.63. The SMILES string of the molecule is Cc1c(CC2(C(=O)O)CC2C(C)(C)C)cccc1NC(=O)[C@H](c1ccc(CN2N=C(c3ccccc3)OCC2=O)cc1)C1CCCC1. The number of carboxylic acids is 1. The second-order valence-corrected chi connectivity index (χ2v) is 14.6. The Morgan fingerprint density at radius 3 is 2.36 bits per heavy atom. The van der Waals surface area contributed by atoms with Crippen molar-refractivity contribution in [1.82, 2.24) is 5.01 Å². The molecule has 0 bridgehead atoms. The third-order valence-electron chi connectivity index (χ3n) is 10.4. The van der Waals surface area contributed by atoms with Crippen LogP contribution in [-0.2, 0) is 32.1 Å². The molecule has 3 aromatic carbocycles. The molecule has 6 rings (SSSR count). The summed E-state index contributed by atoms with van der Waals surface area (Å²) in [6, 6.07) is 23.3. The molecular weight excluding hydrogens is 590 g/mol. The Morgan fingerprint density at radius 1 is 1.02 bits per heavy atom. The van der Waals surface area contributed by atoms with Crippen molar-refractivity contribution in [3.05, 3.63) is 101 Å². The van der Waals surface area contributed by atoms with Crippen molar-refractivity contribution < 1.29 is 24.2 Å². The molecule has 3 aromatic rings. The lowest BCUT2D eigenvalue weighted by molar-refractivity contribution is -0.144. The Balaban J connectivity index is 1.19. The molecule has 0 aromatic heterocycles. The van der Waals surface area contributed by atoms with Crippen LogP contribution in [0.1, 0.15) is 86.6 Å². The van der Waals surface area contributed by atoms with Gasteiger partial charge in [-0.3, -0.25) is 14.4 Å². The maximum atomic E-state index is 14.1. The third kappa shape index (κ3) is 6.83. The van der Waals surface area contributed by atoms with Crippen LogP contribution in [0.4, 0.5) is 5.69 Å². The summed E-state index contributed by atoms with van der Waals surface area (Å²) in [5.41, 5.74) is 4.45. The lowest BCUT2D eigenvalue weighted by Crippen LogP contribution is -2.36. The van der Waals surface area contributed by atoms with Gasteiger partial charge in [-0.05, 0) is 90.3 Å². The summed E-state index contributed by atoms with van der Waals surface area (Å²) in [6.07, 6.45) is 5.32. The fourth-order valence-electron chi connectivity index (χ4n) is 7.68. The van der Waals surface area contributed by atoms with Crippen molar-refractivity contribution in [3.8, 4) is 0 Å². The van der Waals surface area contributed by atoms with Gasteiger partial charge >= 0.3 is 5.97 Å². The number of rotatable bonds is 10. The Kier molecular flexibility index (Phi) is 8.97. The third-order valence-corrected chi connectivity index (χ3v) is 10.4. The van der Waals surface area contributed by atoms with E-state index in [1.165, 1.54) is 5.01 Å². The summed E-state index contributed by atoms with van der Waals surface area (Å²) in [6.45, 7) is 8.55. The number of hydrogen-bond acceptors (Lipinski definition) is 5. The standard InChI is InChI=1S/C39H45N3O5/c1-25-30(21-39(37(45)46)22-32(39)38(2,3)4)15-10-16-31(25)40-35(44)34(27-11-8-9-12-27)28-19-17-26(18-20-28)23-42-33(43)24-47-36(41-42)29-13-6-5-7-14-29/h5-7,10,13-20,27,32,34H,8-9,11-12,21-24H2,1-4H3,(H,40,44)(H,45,46)/t32?,34-,39?/m0/s1. The number of anilines is 1. The van der Waals surface area contributed by atoms with E-state index in [1.807, 2.05) is 79.7 Å². The number of benzene rings is 3. The van der Waals surface area contributed by atoms with Gasteiger partial charge in [0.15, 0.2) is 6.61 Å². The first-order chi connectivity index (χ1) is 22.5. The molecule has 8 heteroatoms. The largest absolute Gasteiger partial charge is 0.481 e. The molecule has 246 valence electrons. The topological polar surface area (TPSA) is 108 Å². The first-order valence-corrected chi connectivity index (χ1v) is 16.7. The molecule has 1 aliphatic heterocycles. The molecule has 8 nitrogen and oxygen atoms in total. The van der Waals surface area contributed by atoms with E-state index in [2.05, 4.69) is 31.2 Å². The van der Waals surface area contributed by atoms with Gasteiger partial charge in [-0.2, -0.15) is 0 Å². The van der Waals surface area contributed by atoms with Gasteiger partial charge in [-0.15, -0.1) is 5.10 Å². The fourth-order valence-corrected chi connectivity index (χ4v) is 7.68. The second kappa shape index (κ2) is 13.0. The second-order valence-electron chi connectivity index (χ2n) is 14.6. The minimum absolute atomic E-state index is 0.0442. The van der Waals surface area contributed by atoms with Gasteiger partial charge in [0, 0.05) is 11.3 Å². The molecule has 2 amide bonds. The minimum atomic E-state index is -0.764. The fraction of sp³-hybridized carbons (Fsp3) is 0.436. The highest BCUT2D eigenvalue weighted by Gasteiger charge is 2.64. The van der Waals surface area contributed by atoms with Crippen LogP contribution in [0.5, 0.6) is 0 Å². The Hall–Kier alpha value is -4.46. The number of hydrogen-bond donors (Lipinski definition) is 2. The number of nitrogens with one attached hydrogen (secondary N) is 1.